The molecule has 2 aromatic carbocycles. The minimum absolute atomic E-state index is 0.00508. The second-order valence-electron chi connectivity index (χ2n) is 4.59. The van der Waals surface area contributed by atoms with Crippen LogP contribution >= 0.6 is 0 Å². The maximum atomic E-state index is 11.2. The molecule has 0 aliphatic carbocycles. The molecule has 0 unspecified atom stereocenters. The van der Waals surface area contributed by atoms with Crippen molar-refractivity contribution in [2.45, 2.75) is 0 Å². The number of methoxy groups -OCH3 is 1. The lowest BCUT2D eigenvalue weighted by Crippen LogP contribution is -2.08. The zero-order valence-corrected chi connectivity index (χ0v) is 11.8. The lowest BCUT2D eigenvalue weighted by Gasteiger charge is -2.11. The van der Waals surface area contributed by atoms with Gasteiger partial charge in [0.15, 0.2) is 5.69 Å². The lowest BCUT2D eigenvalue weighted by atomic mass is 10.0. The molecule has 1 aromatic heterocycles. The SMILES string of the molecule is COc1cc(-n2nncc2C(=O)O)ccc1-c1ccccc1. The Hall–Kier alpha value is -3.15. The molecule has 6 nitrogen and oxygen atoms in total. The summed E-state index contributed by atoms with van der Waals surface area (Å²) in [5, 5.41) is 16.6. The lowest BCUT2D eigenvalue weighted by molar-refractivity contribution is 0.0687. The van der Waals surface area contributed by atoms with E-state index in [1.54, 1.807) is 19.2 Å². The molecule has 0 bridgehead atoms. The molecule has 0 amide bonds. The fourth-order valence-corrected chi connectivity index (χ4v) is 2.24. The standard InChI is InChI=1S/C16H13N3O3/c1-22-15-9-12(19-14(16(20)21)10-17-18-19)7-8-13(15)11-5-3-2-4-6-11/h2-10H,1H3,(H,20,21). The number of carboxylic acids is 1. The highest BCUT2D eigenvalue weighted by molar-refractivity contribution is 5.86. The van der Waals surface area contributed by atoms with Crippen molar-refractivity contribution >= 4 is 5.97 Å². The molecule has 3 aromatic rings. The van der Waals surface area contributed by atoms with Gasteiger partial charge in [-0.2, -0.15) is 0 Å². The molecule has 22 heavy (non-hydrogen) atoms. The summed E-state index contributed by atoms with van der Waals surface area (Å²) in [4.78, 5) is 11.2. The van der Waals surface area contributed by atoms with Gasteiger partial charge in [-0.3, -0.25) is 0 Å². The van der Waals surface area contributed by atoms with Gasteiger partial charge in [-0.25, -0.2) is 9.48 Å². The van der Waals surface area contributed by atoms with Crippen LogP contribution in [0.4, 0.5) is 0 Å². The van der Waals surface area contributed by atoms with Crippen LogP contribution < -0.4 is 4.74 Å². The van der Waals surface area contributed by atoms with E-state index in [1.807, 2.05) is 36.4 Å². The number of aromatic carboxylic acids is 1. The van der Waals surface area contributed by atoms with Gasteiger partial charge in [0.25, 0.3) is 0 Å². The fraction of sp³-hybridized carbons (Fsp3) is 0.0625. The van der Waals surface area contributed by atoms with Crippen molar-refractivity contribution < 1.29 is 14.6 Å². The highest BCUT2D eigenvalue weighted by Gasteiger charge is 2.15. The van der Waals surface area contributed by atoms with E-state index in [4.69, 9.17) is 9.84 Å². The molecule has 0 radical (unpaired) electrons. The van der Waals surface area contributed by atoms with Gasteiger partial charge in [-0.05, 0) is 17.7 Å². The molecule has 0 aliphatic heterocycles. The average molecular weight is 295 g/mol. The van der Waals surface area contributed by atoms with E-state index in [0.29, 0.717) is 11.4 Å². The minimum atomic E-state index is -1.09. The van der Waals surface area contributed by atoms with Gasteiger partial charge in [0.05, 0.1) is 19.0 Å². The summed E-state index contributed by atoms with van der Waals surface area (Å²) in [6, 6.07) is 15.2. The predicted octanol–water partition coefficient (Wildman–Crippen LogP) is 2.64. The maximum absolute atomic E-state index is 11.2. The van der Waals surface area contributed by atoms with Gasteiger partial charge in [-0.1, -0.05) is 35.5 Å². The summed E-state index contributed by atoms with van der Waals surface area (Å²) < 4.78 is 6.69. The number of nitrogens with zero attached hydrogens (tertiary/aromatic N) is 3. The van der Waals surface area contributed by atoms with Crippen molar-refractivity contribution in [1.29, 1.82) is 0 Å². The van der Waals surface area contributed by atoms with Crippen molar-refractivity contribution in [1.82, 2.24) is 15.0 Å². The monoisotopic (exact) mass is 295 g/mol. The molecular weight excluding hydrogens is 282 g/mol. The molecule has 3 rings (SSSR count). The second kappa shape index (κ2) is 5.69. The van der Waals surface area contributed by atoms with Gasteiger partial charge in [0.2, 0.25) is 0 Å². The van der Waals surface area contributed by atoms with E-state index in [-0.39, 0.29) is 5.69 Å². The summed E-state index contributed by atoms with van der Waals surface area (Å²) in [7, 11) is 1.57. The van der Waals surface area contributed by atoms with Crippen LogP contribution in [0.2, 0.25) is 0 Å². The molecule has 0 fully saturated rings. The minimum Gasteiger partial charge on any atom is -0.496 e. The van der Waals surface area contributed by atoms with E-state index < -0.39 is 5.97 Å². The molecule has 0 saturated heterocycles. The van der Waals surface area contributed by atoms with E-state index >= 15 is 0 Å². The molecule has 1 heterocycles. The van der Waals surface area contributed by atoms with Crippen molar-refractivity contribution in [3.8, 4) is 22.6 Å². The first kappa shape index (κ1) is 13.8. The molecule has 0 aliphatic rings. The third-order valence-corrected chi connectivity index (χ3v) is 3.28. The Bertz CT molecular complexity index is 813. The fourth-order valence-electron chi connectivity index (χ4n) is 2.24. The van der Waals surface area contributed by atoms with Crippen LogP contribution in [0.3, 0.4) is 0 Å². The Morgan fingerprint density at radius 1 is 1.18 bits per heavy atom. The highest BCUT2D eigenvalue weighted by Crippen LogP contribution is 2.31. The summed E-state index contributed by atoms with van der Waals surface area (Å²) in [5.74, 6) is -0.452. The number of benzene rings is 2. The Morgan fingerprint density at radius 2 is 1.95 bits per heavy atom. The quantitative estimate of drug-likeness (QED) is 0.800. The zero-order valence-electron chi connectivity index (χ0n) is 11.8. The van der Waals surface area contributed by atoms with Gasteiger partial charge in [0.1, 0.15) is 5.75 Å². The largest absolute Gasteiger partial charge is 0.496 e. The van der Waals surface area contributed by atoms with E-state index in [0.717, 1.165) is 11.1 Å². The number of carbonyl (C=O) groups is 1. The molecular formula is C16H13N3O3. The summed E-state index contributed by atoms with van der Waals surface area (Å²) >= 11 is 0. The van der Waals surface area contributed by atoms with Gasteiger partial charge in [0, 0.05) is 11.6 Å². The average Bonchev–Trinajstić information content (AvgIpc) is 3.05. The van der Waals surface area contributed by atoms with Crippen LogP contribution in [-0.4, -0.2) is 33.2 Å². The first-order valence-corrected chi connectivity index (χ1v) is 6.58. The third-order valence-electron chi connectivity index (χ3n) is 3.28. The van der Waals surface area contributed by atoms with Gasteiger partial charge >= 0.3 is 5.97 Å². The molecule has 1 N–H and O–H groups in total. The molecule has 6 heteroatoms. The first-order chi connectivity index (χ1) is 10.7. The summed E-state index contributed by atoms with van der Waals surface area (Å²) in [6.45, 7) is 0. The number of ether oxygens (including phenoxy) is 1. The summed E-state index contributed by atoms with van der Waals surface area (Å²) in [6.07, 6.45) is 1.21. The summed E-state index contributed by atoms with van der Waals surface area (Å²) in [5.41, 5.74) is 2.51. The van der Waals surface area contributed by atoms with E-state index in [9.17, 15) is 4.79 Å². The van der Waals surface area contributed by atoms with Crippen LogP contribution in [0.15, 0.2) is 54.7 Å². The zero-order chi connectivity index (χ0) is 15.5. The smallest absolute Gasteiger partial charge is 0.356 e. The first-order valence-electron chi connectivity index (χ1n) is 6.58. The number of carboxylic acid groups (broad SMARTS) is 1. The van der Waals surface area contributed by atoms with Crippen LogP contribution in [0, 0.1) is 0 Å². The second-order valence-corrected chi connectivity index (χ2v) is 4.59. The number of rotatable bonds is 4. The van der Waals surface area contributed by atoms with E-state index in [1.165, 1.54) is 10.9 Å². The van der Waals surface area contributed by atoms with E-state index in [2.05, 4.69) is 10.3 Å². The number of hydrogen-bond donors (Lipinski definition) is 1. The number of aromatic nitrogens is 3. The predicted molar refractivity (Wildman–Crippen MR) is 80.3 cm³/mol. The Morgan fingerprint density at radius 3 is 2.64 bits per heavy atom. The topological polar surface area (TPSA) is 77.2 Å². The van der Waals surface area contributed by atoms with Gasteiger partial charge in [-0.15, -0.1) is 5.10 Å². The van der Waals surface area contributed by atoms with Crippen LogP contribution in [0.5, 0.6) is 5.75 Å². The highest BCUT2D eigenvalue weighted by atomic mass is 16.5. The number of hydrogen-bond acceptors (Lipinski definition) is 4. The Kier molecular flexibility index (Phi) is 3.57. The van der Waals surface area contributed by atoms with Crippen molar-refractivity contribution in [3.63, 3.8) is 0 Å². The van der Waals surface area contributed by atoms with Crippen LogP contribution in [0.1, 0.15) is 10.5 Å². The van der Waals surface area contributed by atoms with Crippen molar-refractivity contribution in [2.75, 3.05) is 7.11 Å². The molecule has 0 saturated carbocycles. The molecule has 110 valence electrons. The maximum Gasteiger partial charge on any atom is 0.356 e. The molecule has 0 spiro atoms. The van der Waals surface area contributed by atoms with Crippen molar-refractivity contribution in [3.05, 3.63) is 60.4 Å². The van der Waals surface area contributed by atoms with Crippen LogP contribution in [0.25, 0.3) is 16.8 Å². The third kappa shape index (κ3) is 2.42. The van der Waals surface area contributed by atoms with Crippen molar-refractivity contribution in [2.24, 2.45) is 0 Å². The van der Waals surface area contributed by atoms with Gasteiger partial charge < -0.3 is 9.84 Å². The molecule has 0 atom stereocenters. The Balaban J connectivity index is 2.10. The van der Waals surface area contributed by atoms with Crippen LogP contribution in [-0.2, 0) is 0 Å². The Labute approximate surface area is 126 Å². The normalized spacial score (nSPS) is 10.4.